The Bertz CT molecular complexity index is 539. The number of ether oxygens (including phenoxy) is 2. The molecule has 23 heavy (non-hydrogen) atoms. The number of unbranched alkanes of at least 4 members (excludes halogenated alkanes) is 1. The van der Waals surface area contributed by atoms with Crippen molar-refractivity contribution in [1.29, 1.82) is 0 Å². The van der Waals surface area contributed by atoms with E-state index in [1.54, 1.807) is 11.3 Å². The van der Waals surface area contributed by atoms with E-state index in [2.05, 4.69) is 11.4 Å². The van der Waals surface area contributed by atoms with Gasteiger partial charge in [0, 0.05) is 29.9 Å². The van der Waals surface area contributed by atoms with Crippen LogP contribution >= 0.6 is 11.3 Å². The molecule has 1 aromatic heterocycles. The number of aliphatic hydroxyl groups is 1. The molecule has 1 aliphatic heterocycles. The summed E-state index contributed by atoms with van der Waals surface area (Å²) in [6.07, 6.45) is 5.81. The van der Waals surface area contributed by atoms with Crippen LogP contribution in [0.4, 0.5) is 0 Å². The summed E-state index contributed by atoms with van der Waals surface area (Å²) in [6.45, 7) is 0.696. The molecule has 2 atom stereocenters. The summed E-state index contributed by atoms with van der Waals surface area (Å²) in [5.74, 6) is 0.373. The Kier molecular flexibility index (Phi) is 5.70. The molecule has 0 spiro atoms. The highest BCUT2D eigenvalue weighted by Gasteiger charge is 2.31. The van der Waals surface area contributed by atoms with Gasteiger partial charge in [-0.05, 0) is 43.2 Å². The first kappa shape index (κ1) is 16.5. The molecular formula is C17H23NO4S. The first-order valence-corrected chi connectivity index (χ1v) is 9.09. The Morgan fingerprint density at radius 2 is 2.30 bits per heavy atom. The van der Waals surface area contributed by atoms with Gasteiger partial charge in [0.05, 0.1) is 6.61 Å². The van der Waals surface area contributed by atoms with Gasteiger partial charge in [0.25, 0.3) is 5.91 Å². The molecule has 0 saturated heterocycles. The van der Waals surface area contributed by atoms with E-state index < -0.39 is 6.29 Å². The van der Waals surface area contributed by atoms with Gasteiger partial charge in [-0.15, -0.1) is 11.3 Å². The van der Waals surface area contributed by atoms with Crippen LogP contribution < -0.4 is 5.32 Å². The number of hydrogen-bond donors (Lipinski definition) is 2. The van der Waals surface area contributed by atoms with E-state index in [-0.39, 0.29) is 18.4 Å². The van der Waals surface area contributed by atoms with Crippen molar-refractivity contribution >= 4 is 17.2 Å². The smallest absolute Gasteiger partial charge is 0.286 e. The maximum atomic E-state index is 12.3. The fourth-order valence-corrected chi connectivity index (χ4v) is 3.34. The number of nitrogens with one attached hydrogen (secondary N) is 1. The summed E-state index contributed by atoms with van der Waals surface area (Å²) in [4.78, 5) is 13.5. The Morgan fingerprint density at radius 1 is 1.43 bits per heavy atom. The molecule has 5 nitrogen and oxygen atoms in total. The number of hydrogen-bond acceptors (Lipinski definition) is 5. The van der Waals surface area contributed by atoms with Gasteiger partial charge >= 0.3 is 0 Å². The standard InChI is InChI=1S/C17H23NO4S/c19-7-1-2-8-21-16-11-12(15-4-3-9-23-15)10-14(22-16)17(20)18-13-5-6-13/h3-4,9-10,12-13,16,19H,1-2,5-8,11H2,(H,18,20)/t12-,16+/m0/s1. The van der Waals surface area contributed by atoms with Crippen molar-refractivity contribution in [2.45, 2.75) is 50.4 Å². The van der Waals surface area contributed by atoms with E-state index in [1.807, 2.05) is 17.5 Å². The minimum atomic E-state index is -0.411. The minimum Gasteiger partial charge on any atom is -0.459 e. The Labute approximate surface area is 140 Å². The lowest BCUT2D eigenvalue weighted by Gasteiger charge is -2.28. The zero-order chi connectivity index (χ0) is 16.1. The summed E-state index contributed by atoms with van der Waals surface area (Å²) >= 11 is 1.68. The first-order chi connectivity index (χ1) is 11.3. The molecule has 0 aromatic carbocycles. The maximum Gasteiger partial charge on any atom is 0.286 e. The Morgan fingerprint density at radius 3 is 3.00 bits per heavy atom. The van der Waals surface area contributed by atoms with Crippen LogP contribution in [-0.4, -0.2) is 36.6 Å². The number of rotatable bonds is 8. The van der Waals surface area contributed by atoms with E-state index in [0.717, 1.165) is 19.3 Å². The molecule has 3 rings (SSSR count). The lowest BCUT2D eigenvalue weighted by atomic mass is 9.99. The van der Waals surface area contributed by atoms with Gasteiger partial charge in [0.1, 0.15) is 0 Å². The van der Waals surface area contributed by atoms with Gasteiger partial charge in [-0.25, -0.2) is 0 Å². The molecule has 6 heteroatoms. The Balaban J connectivity index is 1.64. The quantitative estimate of drug-likeness (QED) is 0.715. The predicted molar refractivity (Wildman–Crippen MR) is 88.1 cm³/mol. The van der Waals surface area contributed by atoms with Crippen LogP contribution in [0.5, 0.6) is 0 Å². The van der Waals surface area contributed by atoms with Crippen LogP contribution in [0.3, 0.4) is 0 Å². The van der Waals surface area contributed by atoms with Crippen molar-refractivity contribution < 1.29 is 19.4 Å². The monoisotopic (exact) mass is 337 g/mol. The highest BCUT2D eigenvalue weighted by Crippen LogP contribution is 2.34. The highest BCUT2D eigenvalue weighted by molar-refractivity contribution is 7.10. The van der Waals surface area contributed by atoms with Gasteiger partial charge in [0.15, 0.2) is 5.76 Å². The van der Waals surface area contributed by atoms with Gasteiger partial charge < -0.3 is 19.9 Å². The second-order valence-corrected chi connectivity index (χ2v) is 6.96. The van der Waals surface area contributed by atoms with Crippen molar-refractivity contribution in [3.05, 3.63) is 34.2 Å². The molecule has 1 amide bonds. The van der Waals surface area contributed by atoms with Crippen LogP contribution in [-0.2, 0) is 14.3 Å². The van der Waals surface area contributed by atoms with E-state index in [1.165, 1.54) is 4.88 Å². The average Bonchev–Trinajstić information content (AvgIpc) is 3.20. The van der Waals surface area contributed by atoms with Gasteiger partial charge in [-0.3, -0.25) is 4.79 Å². The largest absolute Gasteiger partial charge is 0.459 e. The number of carbonyl (C=O) groups excluding carboxylic acids is 1. The molecule has 2 aliphatic rings. The van der Waals surface area contributed by atoms with Crippen LogP contribution in [0, 0.1) is 0 Å². The summed E-state index contributed by atoms with van der Waals surface area (Å²) < 4.78 is 11.5. The normalized spacial score (nSPS) is 24.0. The SMILES string of the molecule is O=C(NC1CC1)C1=C[C@H](c2cccs2)C[C@H](OCCCCO)O1. The van der Waals surface area contributed by atoms with Crippen molar-refractivity contribution in [1.82, 2.24) is 5.32 Å². The van der Waals surface area contributed by atoms with Crippen molar-refractivity contribution in [2.75, 3.05) is 13.2 Å². The lowest BCUT2D eigenvalue weighted by Crippen LogP contribution is -2.33. The number of thiophene rings is 1. The molecule has 1 fully saturated rings. The van der Waals surface area contributed by atoms with Crippen molar-refractivity contribution in [3.8, 4) is 0 Å². The molecule has 1 aliphatic carbocycles. The molecule has 2 N–H and O–H groups in total. The van der Waals surface area contributed by atoms with Crippen LogP contribution in [0.25, 0.3) is 0 Å². The Hall–Kier alpha value is -1.37. The molecule has 2 heterocycles. The number of amides is 1. The fraction of sp³-hybridized carbons (Fsp3) is 0.588. The van der Waals surface area contributed by atoms with E-state index in [4.69, 9.17) is 14.6 Å². The third-order valence-corrected chi connectivity index (χ3v) is 4.96. The topological polar surface area (TPSA) is 67.8 Å². The van der Waals surface area contributed by atoms with Crippen LogP contribution in [0.2, 0.25) is 0 Å². The zero-order valence-electron chi connectivity index (χ0n) is 13.1. The number of allylic oxidation sites excluding steroid dienone is 1. The third kappa shape index (κ3) is 4.80. The molecule has 0 unspecified atom stereocenters. The predicted octanol–water partition coefficient (Wildman–Crippen LogP) is 2.53. The molecule has 1 saturated carbocycles. The zero-order valence-corrected chi connectivity index (χ0v) is 13.9. The molecular weight excluding hydrogens is 314 g/mol. The summed E-state index contributed by atoms with van der Waals surface area (Å²) in [7, 11) is 0. The maximum absolute atomic E-state index is 12.3. The van der Waals surface area contributed by atoms with Crippen molar-refractivity contribution in [2.24, 2.45) is 0 Å². The summed E-state index contributed by atoms with van der Waals surface area (Å²) in [5.41, 5.74) is 0. The van der Waals surface area contributed by atoms with Gasteiger partial charge in [-0.1, -0.05) is 6.07 Å². The molecule has 126 valence electrons. The van der Waals surface area contributed by atoms with Crippen molar-refractivity contribution in [3.63, 3.8) is 0 Å². The minimum absolute atomic E-state index is 0.141. The number of carbonyl (C=O) groups is 1. The fourth-order valence-electron chi connectivity index (χ4n) is 2.53. The summed E-state index contributed by atoms with van der Waals surface area (Å²) in [6, 6.07) is 4.40. The average molecular weight is 337 g/mol. The second-order valence-electron chi connectivity index (χ2n) is 5.99. The van der Waals surface area contributed by atoms with Gasteiger partial charge in [0.2, 0.25) is 6.29 Å². The third-order valence-electron chi connectivity index (χ3n) is 3.96. The number of aliphatic hydroxyl groups excluding tert-OH is 1. The van der Waals surface area contributed by atoms with Gasteiger partial charge in [-0.2, -0.15) is 0 Å². The molecule has 0 bridgehead atoms. The molecule has 0 radical (unpaired) electrons. The van der Waals surface area contributed by atoms with E-state index in [0.29, 0.717) is 31.2 Å². The molecule has 1 aromatic rings. The van der Waals surface area contributed by atoms with E-state index >= 15 is 0 Å². The lowest BCUT2D eigenvalue weighted by molar-refractivity contribution is -0.146. The second kappa shape index (κ2) is 7.95. The van der Waals surface area contributed by atoms with E-state index in [9.17, 15) is 4.79 Å². The van der Waals surface area contributed by atoms with Crippen LogP contribution in [0.1, 0.15) is 42.9 Å². The highest BCUT2D eigenvalue weighted by atomic mass is 32.1. The van der Waals surface area contributed by atoms with Crippen LogP contribution in [0.15, 0.2) is 29.3 Å². The summed E-state index contributed by atoms with van der Waals surface area (Å²) in [5, 5.41) is 13.8. The first-order valence-electron chi connectivity index (χ1n) is 8.21.